The summed E-state index contributed by atoms with van der Waals surface area (Å²) in [5.41, 5.74) is 18.2. The van der Waals surface area contributed by atoms with Crippen LogP contribution in [0.1, 0.15) is 199 Å². The highest BCUT2D eigenvalue weighted by molar-refractivity contribution is 6.03. The van der Waals surface area contributed by atoms with Crippen LogP contribution in [-0.2, 0) is 38.1 Å². The third-order valence-electron chi connectivity index (χ3n) is 23.1. The van der Waals surface area contributed by atoms with Crippen molar-refractivity contribution in [2.24, 2.45) is 0 Å². The fraction of sp³-hybridized carbons (Fsp3) is 0.333. The molecule has 8 aromatic carbocycles. The molecule has 0 amide bonds. The second kappa shape index (κ2) is 46.6. The van der Waals surface area contributed by atoms with Gasteiger partial charge in [0.25, 0.3) is 0 Å². The molecule has 0 bridgehead atoms. The molecule has 0 spiro atoms. The number of carbonyl (C=O) groups excluding carboxylic acids is 4. The van der Waals surface area contributed by atoms with Gasteiger partial charge in [0.15, 0.2) is 0 Å². The molecule has 24 heteroatoms. The van der Waals surface area contributed by atoms with Gasteiger partial charge in [0.1, 0.15) is 23.3 Å². The minimum atomic E-state index is -1.00. The molecule has 4 aromatic heterocycles. The number of hydrogen-bond donors (Lipinski definition) is 8. The molecule has 4 saturated carbocycles. The normalized spacial score (nSPS) is 15.6. The lowest BCUT2D eigenvalue weighted by Crippen LogP contribution is -2.20. The van der Waals surface area contributed by atoms with Crippen molar-refractivity contribution in [2.75, 3.05) is 26.4 Å². The fourth-order valence-corrected chi connectivity index (χ4v) is 16.3. The predicted octanol–water partition coefficient (Wildman–Crippen LogP) is 20.0. The Hall–Kier alpha value is -12.4. The quantitative estimate of drug-likeness (QED) is 0.0103. The van der Waals surface area contributed by atoms with E-state index in [0.29, 0.717) is 23.7 Å². The average molecular weight is 1800 g/mol. The van der Waals surface area contributed by atoms with Crippen LogP contribution in [0.3, 0.4) is 0 Å². The number of carbonyl (C=O) groups is 4. The first-order valence-corrected chi connectivity index (χ1v) is 45.4. The SMILES string of the molecule is CCOC(=O)C[C@@H](O)C[C@@H](O)/C=C/c1c(C2CC2)nc2ccccc2c1-c1ccc(F)cc1.CCOC(=O)C[C@@H](O)C[C@H](O)/C=C/c1c(C2CC2)nc2ccccc2c1-c1ccc(F)cc1.CCOC(=O)C[C@H](O)C[C@@H](O)/C=C/c1c(C2CC2)nc2ccccc2c1-c1ccc(F)cc1.CCOC(=O)C[C@H](O)C[C@H](O)/C=C/c1c(C2CC2)nc2ccccc2c1-c1ccc(F)cc1. The van der Waals surface area contributed by atoms with Crippen molar-refractivity contribution >= 4 is 91.8 Å². The Morgan fingerprint density at radius 1 is 0.295 bits per heavy atom. The van der Waals surface area contributed by atoms with Crippen LogP contribution in [0.4, 0.5) is 17.6 Å². The van der Waals surface area contributed by atoms with E-state index in [2.05, 4.69) is 0 Å². The summed E-state index contributed by atoms with van der Waals surface area (Å²) in [5, 5.41) is 86.3. The Kier molecular flexibility index (Phi) is 34.3. The van der Waals surface area contributed by atoms with Crippen LogP contribution < -0.4 is 0 Å². The molecule has 0 radical (unpaired) electrons. The van der Waals surface area contributed by atoms with E-state index in [4.69, 9.17) is 38.9 Å². The summed E-state index contributed by atoms with van der Waals surface area (Å²) >= 11 is 0. The van der Waals surface area contributed by atoms with Gasteiger partial charge in [-0.15, -0.1) is 0 Å². The van der Waals surface area contributed by atoms with Crippen LogP contribution in [0.5, 0.6) is 0 Å². The number of rotatable bonds is 36. The summed E-state index contributed by atoms with van der Waals surface area (Å²) in [4.78, 5) is 66.0. The van der Waals surface area contributed by atoms with Gasteiger partial charge in [-0.1, -0.05) is 170 Å². The zero-order valence-corrected chi connectivity index (χ0v) is 74.3. The summed E-state index contributed by atoms with van der Waals surface area (Å²) in [6.45, 7) is 7.81. The molecular formula is C108H112F4N4O16. The van der Waals surface area contributed by atoms with E-state index in [1.807, 2.05) is 121 Å². The average Bonchev–Trinajstić information content (AvgIpc) is 1.76. The van der Waals surface area contributed by atoms with E-state index in [0.717, 1.165) is 185 Å². The van der Waals surface area contributed by atoms with Gasteiger partial charge < -0.3 is 59.8 Å². The second-order valence-electron chi connectivity index (χ2n) is 33.6. The van der Waals surface area contributed by atoms with Crippen LogP contribution in [-0.4, -0.2) is 160 Å². The van der Waals surface area contributed by atoms with Crippen LogP contribution in [0, 0.1) is 23.3 Å². The summed E-state index contributed by atoms with van der Waals surface area (Å²) in [7, 11) is 0. The zero-order chi connectivity index (χ0) is 93.5. The highest BCUT2D eigenvalue weighted by Crippen LogP contribution is 2.50. The van der Waals surface area contributed by atoms with Gasteiger partial charge in [0, 0.05) is 115 Å². The fourth-order valence-electron chi connectivity index (χ4n) is 16.3. The number of ether oxygens (including phenoxy) is 4. The Morgan fingerprint density at radius 2 is 0.477 bits per heavy atom. The van der Waals surface area contributed by atoms with Gasteiger partial charge in [-0.05, 0) is 174 Å². The Balaban J connectivity index is 0.000000150. The highest BCUT2D eigenvalue weighted by atomic mass is 19.1. The van der Waals surface area contributed by atoms with Crippen LogP contribution >= 0.6 is 0 Å². The van der Waals surface area contributed by atoms with Gasteiger partial charge in [-0.3, -0.25) is 39.1 Å². The Bertz CT molecular complexity index is 5360. The van der Waals surface area contributed by atoms with Crippen molar-refractivity contribution in [3.05, 3.63) is 287 Å². The summed E-state index contributed by atoms with van der Waals surface area (Å²) in [6.07, 6.45) is 13.9. The molecule has 4 aliphatic rings. The second-order valence-corrected chi connectivity index (χ2v) is 33.6. The number of nitrogens with zero attached hydrogens (tertiary/aromatic N) is 4. The first-order valence-electron chi connectivity index (χ1n) is 45.4. The van der Waals surface area contributed by atoms with Gasteiger partial charge in [0.05, 0.1) is 146 Å². The van der Waals surface area contributed by atoms with E-state index in [9.17, 15) is 77.6 Å². The number of pyridine rings is 4. The lowest BCUT2D eigenvalue weighted by molar-refractivity contribution is -0.146. The molecule has 4 aliphatic carbocycles. The highest BCUT2D eigenvalue weighted by Gasteiger charge is 2.35. The number of aliphatic hydroxyl groups is 8. The number of aromatic nitrogens is 4. The monoisotopic (exact) mass is 1800 g/mol. The number of benzene rings is 8. The van der Waals surface area contributed by atoms with E-state index in [-0.39, 0.29) is 101 Å². The van der Waals surface area contributed by atoms with Crippen molar-refractivity contribution in [1.82, 2.24) is 19.9 Å². The molecule has 4 fully saturated rings. The number of fused-ring (bicyclic) bond motifs is 4. The van der Waals surface area contributed by atoms with Crippen molar-refractivity contribution in [2.45, 2.75) is 203 Å². The van der Waals surface area contributed by atoms with Crippen molar-refractivity contribution in [1.29, 1.82) is 0 Å². The Morgan fingerprint density at radius 3 is 0.652 bits per heavy atom. The molecule has 16 rings (SSSR count). The number of aliphatic hydroxyl groups excluding tert-OH is 8. The molecule has 0 unspecified atom stereocenters. The van der Waals surface area contributed by atoms with E-state index >= 15 is 0 Å². The lowest BCUT2D eigenvalue weighted by atomic mass is 9.92. The van der Waals surface area contributed by atoms with Crippen LogP contribution in [0.2, 0.25) is 0 Å². The summed E-state index contributed by atoms with van der Waals surface area (Å²) < 4.78 is 73.9. The van der Waals surface area contributed by atoms with Gasteiger partial charge in [-0.25, -0.2) is 17.6 Å². The summed E-state index contributed by atoms with van der Waals surface area (Å²) in [6, 6.07) is 57.0. The Labute approximate surface area is 764 Å². The predicted molar refractivity (Wildman–Crippen MR) is 504 cm³/mol. The molecule has 4 heterocycles. The van der Waals surface area contributed by atoms with Crippen LogP contribution in [0.15, 0.2) is 218 Å². The maximum Gasteiger partial charge on any atom is 0.308 e. The first kappa shape index (κ1) is 97.2. The molecule has 8 N–H and O–H groups in total. The van der Waals surface area contributed by atoms with E-state index < -0.39 is 72.7 Å². The zero-order valence-electron chi connectivity index (χ0n) is 74.3. The minimum Gasteiger partial charge on any atom is -0.466 e. The number of para-hydroxylation sites is 4. The first-order chi connectivity index (χ1) is 63.8. The number of hydrogen-bond acceptors (Lipinski definition) is 20. The third-order valence-corrected chi connectivity index (χ3v) is 23.1. The molecule has 8 atom stereocenters. The standard InChI is InChI=1S/4C27H28FNO4/c4*1-2-33-25(32)16-21(31)15-20(30)13-14-23-26(17-9-11-19(28)12-10-17)22-5-3-4-6-24(22)29-27(23)18-7-8-18/h4*3-6,9-14,18,20-21,30-31H,2,7-8,15-16H2,1H3/b4*14-13+/t2*20-,21+;2*20-,21-/m1010/s1. The maximum atomic E-state index is 13.6. The molecule has 0 aliphatic heterocycles. The smallest absolute Gasteiger partial charge is 0.308 e. The van der Waals surface area contributed by atoms with E-state index in [1.54, 1.807) is 101 Å². The molecule has 20 nitrogen and oxygen atoms in total. The van der Waals surface area contributed by atoms with Gasteiger partial charge >= 0.3 is 23.9 Å². The van der Waals surface area contributed by atoms with E-state index in [1.165, 1.54) is 48.5 Å². The molecular weight excluding hydrogens is 1690 g/mol. The lowest BCUT2D eigenvalue weighted by Gasteiger charge is -2.16. The topological polar surface area (TPSA) is 319 Å². The summed E-state index contributed by atoms with van der Waals surface area (Å²) in [5.74, 6) is -1.79. The van der Waals surface area contributed by atoms with Gasteiger partial charge in [-0.2, -0.15) is 0 Å². The van der Waals surface area contributed by atoms with Crippen molar-refractivity contribution < 1.29 is 96.5 Å². The third kappa shape index (κ3) is 27.0. The molecule has 688 valence electrons. The molecule has 132 heavy (non-hydrogen) atoms. The van der Waals surface area contributed by atoms with Crippen LogP contribution in [0.25, 0.3) is 112 Å². The minimum absolute atomic E-state index is 0.0148. The number of halogens is 4. The number of esters is 4. The molecule has 0 saturated heterocycles. The van der Waals surface area contributed by atoms with Crippen molar-refractivity contribution in [3.63, 3.8) is 0 Å². The molecule has 12 aromatic rings. The van der Waals surface area contributed by atoms with Gasteiger partial charge in [0.2, 0.25) is 0 Å². The largest absolute Gasteiger partial charge is 0.466 e. The van der Waals surface area contributed by atoms with Crippen molar-refractivity contribution in [3.8, 4) is 44.5 Å². The maximum absolute atomic E-state index is 13.6.